The molecular formula is C30H10F10. The van der Waals surface area contributed by atoms with Gasteiger partial charge in [0.25, 0.3) is 0 Å². The summed E-state index contributed by atoms with van der Waals surface area (Å²) >= 11 is 0. The maximum Gasteiger partial charge on any atom is 0.200 e. The van der Waals surface area contributed by atoms with Crippen LogP contribution < -0.4 is 0 Å². The lowest BCUT2D eigenvalue weighted by molar-refractivity contribution is 0.376. The summed E-state index contributed by atoms with van der Waals surface area (Å²) in [7, 11) is 0. The zero-order chi connectivity index (χ0) is 29.1. The molecule has 0 radical (unpaired) electrons. The lowest BCUT2D eigenvalue weighted by atomic mass is 10.1. The normalized spacial score (nSPS) is 10.8. The van der Waals surface area contributed by atoms with Crippen LogP contribution in [0.15, 0.2) is 48.5 Å². The van der Waals surface area contributed by atoms with Gasteiger partial charge in [-0.2, -0.15) is 0 Å². The summed E-state index contributed by atoms with van der Waals surface area (Å²) in [5.41, 5.74) is -0.730. The fraction of sp³-hybridized carbons (Fsp3) is 0. The molecule has 0 atom stereocenters. The Morgan fingerprint density at radius 3 is 0.850 bits per heavy atom. The third-order valence-corrected chi connectivity index (χ3v) is 5.37. The zero-order valence-electron chi connectivity index (χ0n) is 19.6. The van der Waals surface area contributed by atoms with E-state index in [1.54, 1.807) is 36.4 Å². The van der Waals surface area contributed by atoms with Gasteiger partial charge in [0.15, 0.2) is 46.5 Å². The SMILES string of the molecule is Fc1c(F)c(F)c(C#Cc2ccc(C=Cc3ccc(C#Cc4c(F)c(F)c(F)c(F)c4F)cc3)cc2)c(F)c1F. The van der Waals surface area contributed by atoms with Gasteiger partial charge in [0.05, 0.1) is 0 Å². The molecule has 0 saturated carbocycles. The Morgan fingerprint density at radius 1 is 0.325 bits per heavy atom. The summed E-state index contributed by atoms with van der Waals surface area (Å²) in [6.45, 7) is 0. The van der Waals surface area contributed by atoms with Crippen molar-refractivity contribution in [3.63, 3.8) is 0 Å². The van der Waals surface area contributed by atoms with E-state index in [0.29, 0.717) is 11.1 Å². The highest BCUT2D eigenvalue weighted by molar-refractivity contribution is 5.70. The van der Waals surface area contributed by atoms with Crippen LogP contribution >= 0.6 is 0 Å². The summed E-state index contributed by atoms with van der Waals surface area (Å²) in [6.07, 6.45) is 3.33. The summed E-state index contributed by atoms with van der Waals surface area (Å²) in [5, 5.41) is 0. The van der Waals surface area contributed by atoms with Crippen LogP contribution in [0.1, 0.15) is 33.4 Å². The van der Waals surface area contributed by atoms with Crippen molar-refractivity contribution in [2.24, 2.45) is 0 Å². The molecule has 0 aliphatic rings. The summed E-state index contributed by atoms with van der Waals surface area (Å²) < 4.78 is 134. The Hall–Kier alpha value is -4.96. The molecule has 0 heterocycles. The molecule has 0 amide bonds. The predicted octanol–water partition coefficient (Wildman–Crippen LogP) is 8.05. The molecule has 0 saturated heterocycles. The number of benzene rings is 4. The molecule has 0 fully saturated rings. The first-order valence-electron chi connectivity index (χ1n) is 10.9. The van der Waals surface area contributed by atoms with Gasteiger partial charge in [0.1, 0.15) is 11.1 Å². The van der Waals surface area contributed by atoms with E-state index in [0.717, 1.165) is 0 Å². The van der Waals surface area contributed by atoms with Crippen LogP contribution in [-0.4, -0.2) is 0 Å². The standard InChI is InChI=1S/C30H10F10/c31-21-19(22(32)26(36)29(39)25(21)35)13-11-17-7-3-15(4-8-17)1-2-16-5-9-18(10-6-16)12-14-20-23(33)27(37)30(40)28(38)24(20)34/h1-10H. The van der Waals surface area contributed by atoms with E-state index >= 15 is 0 Å². The molecule has 4 aromatic rings. The van der Waals surface area contributed by atoms with Crippen molar-refractivity contribution in [1.29, 1.82) is 0 Å². The van der Waals surface area contributed by atoms with Crippen molar-refractivity contribution in [1.82, 2.24) is 0 Å². The maximum atomic E-state index is 13.7. The van der Waals surface area contributed by atoms with Gasteiger partial charge < -0.3 is 0 Å². The average molecular weight is 560 g/mol. The predicted molar refractivity (Wildman–Crippen MR) is 126 cm³/mol. The third-order valence-electron chi connectivity index (χ3n) is 5.37. The van der Waals surface area contributed by atoms with Gasteiger partial charge in [-0.05, 0) is 35.4 Å². The second-order valence-electron chi connectivity index (χ2n) is 7.97. The molecule has 4 rings (SSSR count). The second kappa shape index (κ2) is 11.4. The molecule has 200 valence electrons. The fourth-order valence-electron chi connectivity index (χ4n) is 3.25. The molecule has 0 bridgehead atoms. The molecule has 0 spiro atoms. The smallest absolute Gasteiger partial charge is 0.200 e. The van der Waals surface area contributed by atoms with Crippen molar-refractivity contribution in [3.05, 3.63) is 140 Å². The highest BCUT2D eigenvalue weighted by atomic mass is 19.2. The third kappa shape index (κ3) is 5.57. The Kier molecular flexibility index (Phi) is 8.01. The van der Waals surface area contributed by atoms with Crippen molar-refractivity contribution >= 4 is 12.2 Å². The first-order valence-corrected chi connectivity index (χ1v) is 10.9. The van der Waals surface area contributed by atoms with Crippen LogP contribution in [0.3, 0.4) is 0 Å². The first-order chi connectivity index (χ1) is 19.0. The Balaban J connectivity index is 1.47. The zero-order valence-corrected chi connectivity index (χ0v) is 19.6. The van der Waals surface area contributed by atoms with E-state index < -0.39 is 69.3 Å². The Labute approximate surface area is 220 Å². The van der Waals surface area contributed by atoms with Crippen molar-refractivity contribution in [2.75, 3.05) is 0 Å². The number of hydrogen-bond acceptors (Lipinski definition) is 0. The van der Waals surface area contributed by atoms with E-state index in [2.05, 4.69) is 11.8 Å². The van der Waals surface area contributed by atoms with E-state index in [1.807, 2.05) is 11.8 Å². The highest BCUT2D eigenvalue weighted by Gasteiger charge is 2.25. The Morgan fingerprint density at radius 2 is 0.575 bits per heavy atom. The largest absolute Gasteiger partial charge is 0.202 e. The lowest BCUT2D eigenvalue weighted by Gasteiger charge is -2.02. The highest BCUT2D eigenvalue weighted by Crippen LogP contribution is 2.23. The molecule has 0 unspecified atom stereocenters. The molecule has 0 aliphatic heterocycles. The topological polar surface area (TPSA) is 0 Å². The van der Waals surface area contributed by atoms with E-state index in [-0.39, 0.29) is 11.1 Å². The van der Waals surface area contributed by atoms with E-state index in [4.69, 9.17) is 0 Å². The van der Waals surface area contributed by atoms with Crippen molar-refractivity contribution in [2.45, 2.75) is 0 Å². The molecule has 0 nitrogen and oxygen atoms in total. The van der Waals surface area contributed by atoms with Crippen molar-refractivity contribution < 1.29 is 43.9 Å². The van der Waals surface area contributed by atoms with Crippen LogP contribution in [-0.2, 0) is 0 Å². The van der Waals surface area contributed by atoms with Gasteiger partial charge in [-0.1, -0.05) is 60.1 Å². The van der Waals surface area contributed by atoms with Crippen LogP contribution in [0, 0.1) is 81.9 Å². The van der Waals surface area contributed by atoms with Gasteiger partial charge in [-0.3, -0.25) is 0 Å². The minimum absolute atomic E-state index is 0.234. The summed E-state index contributed by atoms with van der Waals surface area (Å²) in [6, 6.07) is 12.1. The minimum atomic E-state index is -2.27. The lowest BCUT2D eigenvalue weighted by Crippen LogP contribution is -2.04. The fourth-order valence-corrected chi connectivity index (χ4v) is 3.25. The average Bonchev–Trinajstić information content (AvgIpc) is 2.97. The van der Waals surface area contributed by atoms with Gasteiger partial charge >= 0.3 is 0 Å². The second-order valence-corrected chi connectivity index (χ2v) is 7.97. The number of rotatable bonds is 2. The molecule has 0 N–H and O–H groups in total. The minimum Gasteiger partial charge on any atom is -0.202 e. The molecule has 0 aliphatic carbocycles. The van der Waals surface area contributed by atoms with Gasteiger partial charge in [-0.25, -0.2) is 43.9 Å². The molecule has 10 heteroatoms. The summed E-state index contributed by atoms with van der Waals surface area (Å²) in [4.78, 5) is 0. The van der Waals surface area contributed by atoms with Crippen LogP contribution in [0.2, 0.25) is 0 Å². The van der Waals surface area contributed by atoms with Crippen LogP contribution in [0.5, 0.6) is 0 Å². The molecule has 40 heavy (non-hydrogen) atoms. The van der Waals surface area contributed by atoms with Gasteiger partial charge in [-0.15, -0.1) is 0 Å². The van der Waals surface area contributed by atoms with Crippen LogP contribution in [0.25, 0.3) is 12.2 Å². The van der Waals surface area contributed by atoms with E-state index in [1.165, 1.54) is 24.3 Å². The molecule has 4 aromatic carbocycles. The van der Waals surface area contributed by atoms with Gasteiger partial charge in [0, 0.05) is 11.1 Å². The first kappa shape index (κ1) is 28.1. The Bertz CT molecular complexity index is 1590. The molecule has 0 aromatic heterocycles. The maximum absolute atomic E-state index is 13.7. The van der Waals surface area contributed by atoms with Crippen LogP contribution in [0.4, 0.5) is 43.9 Å². The monoisotopic (exact) mass is 560 g/mol. The van der Waals surface area contributed by atoms with Gasteiger partial charge in [0.2, 0.25) is 11.6 Å². The van der Waals surface area contributed by atoms with Crippen molar-refractivity contribution in [3.8, 4) is 23.7 Å². The molecular weight excluding hydrogens is 550 g/mol. The number of hydrogen-bond donors (Lipinski definition) is 0. The number of halogens is 10. The van der Waals surface area contributed by atoms with E-state index in [9.17, 15) is 43.9 Å². The summed E-state index contributed by atoms with van der Waals surface area (Å²) in [5.74, 6) is -12.5. The quantitative estimate of drug-likeness (QED) is 0.0766.